The number of ether oxygens (including phenoxy) is 2. The third-order valence-corrected chi connectivity index (χ3v) is 4.41. The zero-order chi connectivity index (χ0) is 21.6. The molecule has 0 aliphatic rings. The van der Waals surface area contributed by atoms with Crippen LogP contribution in [0.15, 0.2) is 42.5 Å². The molecule has 0 spiro atoms. The van der Waals surface area contributed by atoms with Gasteiger partial charge in [-0.15, -0.1) is 0 Å². The number of carbonyl (C=O) groups excluding carboxylic acids is 1. The van der Waals surface area contributed by atoms with E-state index in [9.17, 15) is 9.18 Å². The number of amidine groups is 1. The summed E-state index contributed by atoms with van der Waals surface area (Å²) in [6.45, 7) is 4.53. The molecular weight excluding hydrogens is 397 g/mol. The summed E-state index contributed by atoms with van der Waals surface area (Å²) in [6.07, 6.45) is -1.19. The van der Waals surface area contributed by atoms with E-state index < -0.39 is 17.8 Å². The summed E-state index contributed by atoms with van der Waals surface area (Å²) in [7, 11) is 1.32. The van der Waals surface area contributed by atoms with Gasteiger partial charge in [0.05, 0.1) is 13.2 Å². The molecule has 6 nitrogen and oxygen atoms in total. The van der Waals surface area contributed by atoms with Crippen molar-refractivity contribution in [1.29, 1.82) is 5.41 Å². The van der Waals surface area contributed by atoms with Gasteiger partial charge in [0.1, 0.15) is 17.4 Å². The Morgan fingerprint density at radius 1 is 1.24 bits per heavy atom. The second kappa shape index (κ2) is 10.2. The molecule has 0 saturated carbocycles. The average molecular weight is 422 g/mol. The average Bonchev–Trinajstić information content (AvgIpc) is 2.68. The Bertz CT molecular complexity index is 859. The van der Waals surface area contributed by atoms with Gasteiger partial charge < -0.3 is 15.2 Å². The molecule has 29 heavy (non-hydrogen) atoms. The third-order valence-electron chi connectivity index (χ3n) is 4.12. The number of nitrogen functional groups attached to an aromatic ring is 1. The van der Waals surface area contributed by atoms with Crippen molar-refractivity contribution in [2.45, 2.75) is 26.5 Å². The second-order valence-electron chi connectivity index (χ2n) is 6.97. The minimum atomic E-state index is -1.19. The van der Waals surface area contributed by atoms with Crippen molar-refractivity contribution in [2.24, 2.45) is 11.7 Å². The summed E-state index contributed by atoms with van der Waals surface area (Å²) in [5.41, 5.74) is 6.80. The van der Waals surface area contributed by atoms with Gasteiger partial charge in [0.25, 0.3) is 5.91 Å². The van der Waals surface area contributed by atoms with Crippen molar-refractivity contribution in [3.8, 4) is 5.75 Å². The van der Waals surface area contributed by atoms with Crippen molar-refractivity contribution >= 4 is 23.5 Å². The summed E-state index contributed by atoms with van der Waals surface area (Å²) >= 11 is 6.15. The van der Waals surface area contributed by atoms with E-state index in [1.807, 2.05) is 13.8 Å². The Labute approximate surface area is 175 Å². The number of nitrogens with zero attached hydrogens (tertiary/aromatic N) is 1. The van der Waals surface area contributed by atoms with E-state index in [1.54, 1.807) is 30.3 Å². The molecule has 0 aliphatic carbocycles. The fourth-order valence-electron chi connectivity index (χ4n) is 2.59. The van der Waals surface area contributed by atoms with E-state index in [-0.39, 0.29) is 17.9 Å². The lowest BCUT2D eigenvalue weighted by Crippen LogP contribution is -2.29. The molecule has 0 radical (unpaired) electrons. The molecule has 3 N–H and O–H groups in total. The summed E-state index contributed by atoms with van der Waals surface area (Å²) < 4.78 is 26.2. The van der Waals surface area contributed by atoms with Gasteiger partial charge in [-0.3, -0.25) is 10.2 Å². The summed E-state index contributed by atoms with van der Waals surface area (Å²) in [5, 5.41) is 7.40. The van der Waals surface area contributed by atoms with Gasteiger partial charge in [-0.1, -0.05) is 38.1 Å². The molecule has 0 aliphatic heterocycles. The normalized spacial score (nSPS) is 11.9. The molecule has 0 saturated heterocycles. The van der Waals surface area contributed by atoms with Crippen LogP contribution in [0.2, 0.25) is 0 Å². The molecular formula is C21H25ClFN3O3. The lowest BCUT2D eigenvalue weighted by atomic mass is 10.1. The van der Waals surface area contributed by atoms with Gasteiger partial charge >= 0.3 is 0 Å². The fourth-order valence-corrected chi connectivity index (χ4v) is 2.82. The molecule has 2 aromatic carbocycles. The third kappa shape index (κ3) is 6.17. The molecule has 2 rings (SSSR count). The Balaban J connectivity index is 2.11. The number of benzene rings is 2. The van der Waals surface area contributed by atoms with Crippen molar-refractivity contribution in [3.63, 3.8) is 0 Å². The van der Waals surface area contributed by atoms with Crippen molar-refractivity contribution in [2.75, 3.05) is 13.7 Å². The highest BCUT2D eigenvalue weighted by molar-refractivity contribution is 6.21. The zero-order valence-corrected chi connectivity index (χ0v) is 17.4. The van der Waals surface area contributed by atoms with E-state index in [1.165, 1.54) is 19.2 Å². The van der Waals surface area contributed by atoms with Crippen LogP contribution in [-0.4, -0.2) is 29.9 Å². The number of rotatable bonds is 9. The smallest absolute Gasteiger partial charge is 0.271 e. The maximum atomic E-state index is 14.6. The van der Waals surface area contributed by atoms with Crippen LogP contribution in [0.5, 0.6) is 5.75 Å². The second-order valence-corrected chi connectivity index (χ2v) is 7.38. The van der Waals surface area contributed by atoms with Crippen molar-refractivity contribution in [1.82, 2.24) is 4.42 Å². The van der Waals surface area contributed by atoms with Crippen molar-refractivity contribution in [3.05, 3.63) is 65.0 Å². The Hall–Kier alpha value is -2.64. The number of halogens is 2. The van der Waals surface area contributed by atoms with Gasteiger partial charge in [0.15, 0.2) is 6.10 Å². The number of hydrogen-bond donors (Lipinski definition) is 2. The van der Waals surface area contributed by atoms with Crippen molar-refractivity contribution < 1.29 is 18.7 Å². The predicted molar refractivity (Wildman–Crippen MR) is 110 cm³/mol. The van der Waals surface area contributed by atoms with E-state index in [0.717, 1.165) is 9.98 Å². The number of carbonyl (C=O) groups is 1. The quantitative estimate of drug-likeness (QED) is 0.363. The molecule has 0 bridgehead atoms. The molecule has 1 amide bonds. The number of methoxy groups -OCH3 is 1. The SMILES string of the molecule is COC(C(=O)N(Cl)Cc1ccc(C(=N)N)cc1)c1ccc(OCC(C)C)cc1F. The lowest BCUT2D eigenvalue weighted by Gasteiger charge is -2.21. The van der Waals surface area contributed by atoms with E-state index in [4.69, 9.17) is 32.4 Å². The zero-order valence-electron chi connectivity index (χ0n) is 16.6. The first-order valence-electron chi connectivity index (χ1n) is 9.08. The van der Waals surface area contributed by atoms with Crippen LogP contribution in [-0.2, 0) is 16.1 Å². The molecule has 1 unspecified atom stereocenters. The fraction of sp³-hybridized carbons (Fsp3) is 0.333. The van der Waals surface area contributed by atoms with Crippen LogP contribution >= 0.6 is 11.8 Å². The Kier molecular flexibility index (Phi) is 7.99. The Morgan fingerprint density at radius 2 is 1.90 bits per heavy atom. The lowest BCUT2D eigenvalue weighted by molar-refractivity contribution is -0.138. The van der Waals surface area contributed by atoms with Crippen LogP contribution in [0.3, 0.4) is 0 Å². The first-order chi connectivity index (χ1) is 13.7. The van der Waals surface area contributed by atoms with Crippen LogP contribution in [0.1, 0.15) is 36.6 Å². The van der Waals surface area contributed by atoms with Gasteiger partial charge in [-0.25, -0.2) is 8.81 Å². The van der Waals surface area contributed by atoms with Crippen LogP contribution in [0, 0.1) is 17.1 Å². The molecule has 0 fully saturated rings. The molecule has 1 atom stereocenters. The monoisotopic (exact) mass is 421 g/mol. The largest absolute Gasteiger partial charge is 0.493 e. The molecule has 156 valence electrons. The minimum Gasteiger partial charge on any atom is -0.493 e. The Morgan fingerprint density at radius 3 is 2.41 bits per heavy atom. The van der Waals surface area contributed by atoms with Gasteiger partial charge in [0, 0.05) is 36.1 Å². The minimum absolute atomic E-state index is 0.0499. The van der Waals surface area contributed by atoms with E-state index in [0.29, 0.717) is 23.8 Å². The maximum absolute atomic E-state index is 14.6. The molecule has 8 heteroatoms. The van der Waals surface area contributed by atoms with Gasteiger partial charge in [0.2, 0.25) is 0 Å². The summed E-state index contributed by atoms with van der Waals surface area (Å²) in [6, 6.07) is 11.0. The van der Waals surface area contributed by atoms with Crippen LogP contribution in [0.25, 0.3) is 0 Å². The number of hydrogen-bond acceptors (Lipinski definition) is 4. The highest BCUT2D eigenvalue weighted by Gasteiger charge is 2.28. The molecule has 0 aromatic heterocycles. The summed E-state index contributed by atoms with van der Waals surface area (Å²) in [5.74, 6) is -0.566. The highest BCUT2D eigenvalue weighted by atomic mass is 35.5. The van der Waals surface area contributed by atoms with Crippen LogP contribution < -0.4 is 10.5 Å². The summed E-state index contributed by atoms with van der Waals surface area (Å²) in [4.78, 5) is 12.7. The molecule has 2 aromatic rings. The van der Waals surface area contributed by atoms with E-state index >= 15 is 0 Å². The van der Waals surface area contributed by atoms with Gasteiger partial charge in [-0.2, -0.15) is 0 Å². The van der Waals surface area contributed by atoms with Crippen LogP contribution in [0.4, 0.5) is 4.39 Å². The maximum Gasteiger partial charge on any atom is 0.271 e. The first kappa shape index (κ1) is 22.6. The predicted octanol–water partition coefficient (Wildman–Crippen LogP) is 4.01. The standard InChI is InChI=1S/C21H25ClFN3O3/c1-13(2)12-29-16-8-9-17(18(23)10-16)19(28-3)21(27)26(22)11-14-4-6-15(7-5-14)20(24)25/h4-10,13,19H,11-12H2,1-3H3,(H3,24,25). The van der Waals surface area contributed by atoms with E-state index in [2.05, 4.69) is 0 Å². The number of nitrogens with one attached hydrogen (secondary N) is 1. The highest BCUT2D eigenvalue weighted by Crippen LogP contribution is 2.27. The molecule has 0 heterocycles. The topological polar surface area (TPSA) is 88.6 Å². The van der Waals surface area contributed by atoms with Gasteiger partial charge in [-0.05, 0) is 23.6 Å². The number of nitrogens with two attached hydrogens (primary N) is 1. The first-order valence-corrected chi connectivity index (χ1v) is 9.42. The number of amides is 1.